The van der Waals surface area contributed by atoms with Gasteiger partial charge in [0.2, 0.25) is 0 Å². The van der Waals surface area contributed by atoms with E-state index in [0.717, 1.165) is 30.0 Å². The van der Waals surface area contributed by atoms with Crippen molar-refractivity contribution in [1.29, 1.82) is 0 Å². The molecule has 5 N–H and O–H groups in total. The summed E-state index contributed by atoms with van der Waals surface area (Å²) in [5.74, 6) is 0.0415. The Balaban J connectivity index is 1.85. The molecule has 20 heavy (non-hydrogen) atoms. The first-order chi connectivity index (χ1) is 9.66. The van der Waals surface area contributed by atoms with Crippen molar-refractivity contribution in [3.63, 3.8) is 0 Å². The molecule has 1 aromatic heterocycles. The predicted octanol–water partition coefficient (Wildman–Crippen LogP) is 2.92. The standard InChI is InChI=1S/C15H17N3OS/c16-12-11(10-6-7-10)15(20-13(12)14(17)19)18-8-9-4-2-1-3-5-9/h1-5,10,18H,6-8,16H2,(H2,17,19). The maximum atomic E-state index is 11.4. The molecule has 0 spiro atoms. The molecule has 2 aromatic rings. The molecule has 0 radical (unpaired) electrons. The Morgan fingerprint density at radius 1 is 1.30 bits per heavy atom. The van der Waals surface area contributed by atoms with Crippen molar-refractivity contribution >= 4 is 27.9 Å². The van der Waals surface area contributed by atoms with Crippen LogP contribution in [0.5, 0.6) is 0 Å². The molecule has 1 amide bonds. The number of anilines is 2. The van der Waals surface area contributed by atoms with E-state index >= 15 is 0 Å². The molecular weight excluding hydrogens is 270 g/mol. The van der Waals surface area contributed by atoms with Crippen LogP contribution in [0.3, 0.4) is 0 Å². The van der Waals surface area contributed by atoms with Crippen molar-refractivity contribution in [1.82, 2.24) is 0 Å². The van der Waals surface area contributed by atoms with Crippen molar-refractivity contribution in [2.24, 2.45) is 5.73 Å². The SMILES string of the molecule is NC(=O)c1sc(NCc2ccccc2)c(C2CC2)c1N. The second-order valence-corrected chi connectivity index (χ2v) is 6.09. The van der Waals surface area contributed by atoms with Gasteiger partial charge in [0.15, 0.2) is 0 Å². The molecular formula is C15H17N3OS. The van der Waals surface area contributed by atoms with Gasteiger partial charge in [0.05, 0.1) is 10.7 Å². The van der Waals surface area contributed by atoms with E-state index in [2.05, 4.69) is 17.4 Å². The first-order valence-corrected chi connectivity index (χ1v) is 7.48. The van der Waals surface area contributed by atoms with E-state index in [1.165, 1.54) is 16.9 Å². The largest absolute Gasteiger partial charge is 0.397 e. The van der Waals surface area contributed by atoms with Crippen molar-refractivity contribution in [2.75, 3.05) is 11.1 Å². The Morgan fingerprint density at radius 2 is 2.00 bits per heavy atom. The average molecular weight is 287 g/mol. The molecule has 1 aliphatic rings. The van der Waals surface area contributed by atoms with Gasteiger partial charge in [-0.3, -0.25) is 4.79 Å². The summed E-state index contributed by atoms with van der Waals surface area (Å²) < 4.78 is 0. The summed E-state index contributed by atoms with van der Waals surface area (Å²) in [7, 11) is 0. The van der Waals surface area contributed by atoms with Crippen LogP contribution in [0, 0.1) is 0 Å². The van der Waals surface area contributed by atoms with Gasteiger partial charge in [-0.05, 0) is 24.3 Å². The van der Waals surface area contributed by atoms with Crippen LogP contribution in [-0.2, 0) is 6.54 Å². The highest BCUT2D eigenvalue weighted by molar-refractivity contribution is 7.18. The number of nitrogens with two attached hydrogens (primary N) is 2. The highest BCUT2D eigenvalue weighted by Crippen LogP contribution is 2.50. The molecule has 1 aliphatic carbocycles. The number of carbonyl (C=O) groups excluding carboxylic acids is 1. The van der Waals surface area contributed by atoms with Crippen LogP contribution in [0.1, 0.15) is 39.6 Å². The van der Waals surface area contributed by atoms with Gasteiger partial charge in [-0.25, -0.2) is 0 Å². The van der Waals surface area contributed by atoms with Crippen molar-refractivity contribution in [3.8, 4) is 0 Å². The molecule has 0 atom stereocenters. The molecule has 1 fully saturated rings. The van der Waals surface area contributed by atoms with Gasteiger partial charge in [-0.2, -0.15) is 0 Å². The monoisotopic (exact) mass is 287 g/mol. The third-order valence-electron chi connectivity index (χ3n) is 3.49. The van der Waals surface area contributed by atoms with Crippen LogP contribution < -0.4 is 16.8 Å². The molecule has 4 nitrogen and oxygen atoms in total. The number of amides is 1. The van der Waals surface area contributed by atoms with Gasteiger partial charge >= 0.3 is 0 Å². The van der Waals surface area contributed by atoms with Gasteiger partial charge in [0, 0.05) is 12.1 Å². The van der Waals surface area contributed by atoms with Crippen LogP contribution in [0.4, 0.5) is 10.7 Å². The van der Waals surface area contributed by atoms with E-state index in [-0.39, 0.29) is 0 Å². The minimum Gasteiger partial charge on any atom is -0.397 e. The number of nitrogens with one attached hydrogen (secondary N) is 1. The molecule has 0 saturated heterocycles. The topological polar surface area (TPSA) is 81.1 Å². The number of thiophene rings is 1. The summed E-state index contributed by atoms with van der Waals surface area (Å²) in [5.41, 5.74) is 14.3. The predicted molar refractivity (Wildman–Crippen MR) is 83.0 cm³/mol. The molecule has 1 saturated carbocycles. The molecule has 104 valence electrons. The van der Waals surface area contributed by atoms with Gasteiger partial charge < -0.3 is 16.8 Å². The Bertz CT molecular complexity index is 632. The second kappa shape index (κ2) is 5.17. The van der Waals surface area contributed by atoms with Gasteiger partial charge in [0.25, 0.3) is 5.91 Å². The number of carbonyl (C=O) groups is 1. The van der Waals surface area contributed by atoms with Gasteiger partial charge in [-0.15, -0.1) is 11.3 Å². The number of hydrogen-bond donors (Lipinski definition) is 3. The Hall–Kier alpha value is -2.01. The van der Waals surface area contributed by atoms with Crippen LogP contribution in [0.2, 0.25) is 0 Å². The second-order valence-electron chi connectivity index (χ2n) is 5.07. The zero-order valence-electron chi connectivity index (χ0n) is 11.1. The number of rotatable bonds is 5. The molecule has 0 unspecified atom stereocenters. The minimum absolute atomic E-state index is 0.442. The van der Waals surface area contributed by atoms with Crippen LogP contribution >= 0.6 is 11.3 Å². The summed E-state index contributed by atoms with van der Waals surface area (Å²) in [6.45, 7) is 0.721. The molecule has 1 aromatic carbocycles. The molecule has 1 heterocycles. The fourth-order valence-electron chi connectivity index (χ4n) is 2.33. The zero-order chi connectivity index (χ0) is 14.1. The summed E-state index contributed by atoms with van der Waals surface area (Å²) in [6, 6.07) is 10.1. The van der Waals surface area contributed by atoms with Gasteiger partial charge in [-0.1, -0.05) is 30.3 Å². The highest BCUT2D eigenvalue weighted by atomic mass is 32.1. The lowest BCUT2D eigenvalue weighted by molar-refractivity contribution is 0.100. The number of nitrogen functional groups attached to an aromatic ring is 1. The number of primary amides is 1. The van der Waals surface area contributed by atoms with Crippen molar-refractivity contribution in [2.45, 2.75) is 25.3 Å². The zero-order valence-corrected chi connectivity index (χ0v) is 11.9. The number of benzene rings is 1. The lowest BCUT2D eigenvalue weighted by atomic mass is 10.1. The fourth-order valence-corrected chi connectivity index (χ4v) is 3.38. The number of hydrogen-bond acceptors (Lipinski definition) is 4. The Labute approximate surface area is 121 Å². The van der Waals surface area contributed by atoms with E-state index in [4.69, 9.17) is 11.5 Å². The Morgan fingerprint density at radius 3 is 2.60 bits per heavy atom. The summed E-state index contributed by atoms with van der Waals surface area (Å²) in [6.07, 6.45) is 2.28. The van der Waals surface area contributed by atoms with E-state index in [9.17, 15) is 4.79 Å². The molecule has 0 bridgehead atoms. The molecule has 3 rings (SSSR count). The summed E-state index contributed by atoms with van der Waals surface area (Å²) >= 11 is 1.37. The normalized spacial score (nSPS) is 14.2. The van der Waals surface area contributed by atoms with E-state index in [0.29, 0.717) is 16.5 Å². The molecule has 5 heteroatoms. The third kappa shape index (κ3) is 2.49. The van der Waals surface area contributed by atoms with E-state index in [1.807, 2.05) is 18.2 Å². The lowest BCUT2D eigenvalue weighted by Crippen LogP contribution is -2.11. The van der Waals surface area contributed by atoms with Crippen molar-refractivity contribution < 1.29 is 4.79 Å². The summed E-state index contributed by atoms with van der Waals surface area (Å²) in [4.78, 5) is 11.9. The highest BCUT2D eigenvalue weighted by Gasteiger charge is 2.32. The maximum Gasteiger partial charge on any atom is 0.260 e. The first kappa shape index (κ1) is 13.0. The summed E-state index contributed by atoms with van der Waals surface area (Å²) in [5, 5.41) is 4.39. The third-order valence-corrected chi connectivity index (χ3v) is 4.68. The first-order valence-electron chi connectivity index (χ1n) is 6.66. The Kier molecular flexibility index (Phi) is 3.36. The molecule has 0 aliphatic heterocycles. The van der Waals surface area contributed by atoms with Crippen molar-refractivity contribution in [3.05, 3.63) is 46.3 Å². The maximum absolute atomic E-state index is 11.4. The lowest BCUT2D eigenvalue weighted by Gasteiger charge is -2.07. The quantitative estimate of drug-likeness (QED) is 0.791. The van der Waals surface area contributed by atoms with E-state index in [1.54, 1.807) is 0 Å². The van der Waals surface area contributed by atoms with Gasteiger partial charge in [0.1, 0.15) is 4.88 Å². The minimum atomic E-state index is -0.442. The van der Waals surface area contributed by atoms with Crippen LogP contribution in [0.25, 0.3) is 0 Å². The van der Waals surface area contributed by atoms with Crippen LogP contribution in [0.15, 0.2) is 30.3 Å². The smallest absolute Gasteiger partial charge is 0.260 e. The fraction of sp³-hybridized carbons (Fsp3) is 0.267. The van der Waals surface area contributed by atoms with Crippen LogP contribution in [-0.4, -0.2) is 5.91 Å². The van der Waals surface area contributed by atoms with E-state index < -0.39 is 5.91 Å². The average Bonchev–Trinajstić information content (AvgIpc) is 3.21.